The van der Waals surface area contributed by atoms with Crippen LogP contribution < -0.4 is 10.6 Å². The highest BCUT2D eigenvalue weighted by Crippen LogP contribution is 2.05. The first-order valence-corrected chi connectivity index (χ1v) is 5.94. The molecule has 90 valence electrons. The molecule has 2 unspecified atom stereocenters. The fourth-order valence-corrected chi connectivity index (χ4v) is 1.92. The second-order valence-electron chi connectivity index (χ2n) is 4.25. The predicted octanol–water partition coefficient (Wildman–Crippen LogP) is 0.116. The summed E-state index contributed by atoms with van der Waals surface area (Å²) in [5.41, 5.74) is 0. The lowest BCUT2D eigenvalue weighted by Crippen LogP contribution is -2.42. The summed E-state index contributed by atoms with van der Waals surface area (Å²) >= 11 is 0. The normalized spacial score (nSPS) is 24.0. The number of ether oxygens (including phenoxy) is 1. The molecule has 1 aliphatic heterocycles. The predicted molar refractivity (Wildman–Crippen MR) is 61.0 cm³/mol. The Balaban J connectivity index is 1.91. The number of aliphatic hydroxyl groups excluding tert-OH is 1. The number of aliphatic hydroxyl groups is 1. The highest BCUT2D eigenvalue weighted by atomic mass is 16.5. The molecule has 4 nitrogen and oxygen atoms in total. The van der Waals surface area contributed by atoms with E-state index >= 15 is 0 Å². The molecule has 4 heteroatoms. The van der Waals surface area contributed by atoms with Gasteiger partial charge in [0, 0.05) is 19.7 Å². The van der Waals surface area contributed by atoms with Crippen LogP contribution in [0.15, 0.2) is 0 Å². The van der Waals surface area contributed by atoms with Crippen LogP contribution in [0, 0.1) is 0 Å². The molecule has 1 saturated heterocycles. The first-order valence-electron chi connectivity index (χ1n) is 5.94. The second kappa shape index (κ2) is 8.05. The van der Waals surface area contributed by atoms with E-state index in [1.54, 1.807) is 7.11 Å². The van der Waals surface area contributed by atoms with E-state index in [2.05, 4.69) is 10.6 Å². The second-order valence-corrected chi connectivity index (χ2v) is 4.25. The van der Waals surface area contributed by atoms with Crippen LogP contribution in [0.5, 0.6) is 0 Å². The Bertz CT molecular complexity index is 150. The van der Waals surface area contributed by atoms with E-state index in [1.165, 1.54) is 19.3 Å². The van der Waals surface area contributed by atoms with Crippen LogP contribution in [0.2, 0.25) is 0 Å². The third-order valence-corrected chi connectivity index (χ3v) is 2.82. The molecule has 0 aromatic carbocycles. The molecular formula is C11H24N2O2. The molecule has 3 N–H and O–H groups in total. The molecule has 0 aliphatic carbocycles. The molecule has 0 aromatic heterocycles. The van der Waals surface area contributed by atoms with Crippen molar-refractivity contribution in [2.45, 2.75) is 37.8 Å². The monoisotopic (exact) mass is 216 g/mol. The Hall–Kier alpha value is -0.160. The largest absolute Gasteiger partial charge is 0.391 e. The third kappa shape index (κ3) is 6.10. The number of methoxy groups -OCH3 is 1. The van der Waals surface area contributed by atoms with Gasteiger partial charge in [0.15, 0.2) is 0 Å². The van der Waals surface area contributed by atoms with Crippen molar-refractivity contribution in [1.82, 2.24) is 10.6 Å². The summed E-state index contributed by atoms with van der Waals surface area (Å²) in [6, 6.07) is 0.623. The molecule has 0 saturated carbocycles. The van der Waals surface area contributed by atoms with E-state index in [0.29, 0.717) is 12.6 Å². The van der Waals surface area contributed by atoms with Crippen LogP contribution in [-0.4, -0.2) is 50.6 Å². The molecule has 0 amide bonds. The lowest BCUT2D eigenvalue weighted by atomic mass is 10.1. The molecule has 1 aliphatic rings. The van der Waals surface area contributed by atoms with Gasteiger partial charge in [-0.1, -0.05) is 6.42 Å². The maximum Gasteiger partial charge on any atom is 0.0785 e. The van der Waals surface area contributed by atoms with Crippen molar-refractivity contribution in [3.05, 3.63) is 0 Å². The van der Waals surface area contributed by atoms with Crippen LogP contribution in [0.25, 0.3) is 0 Å². The molecule has 0 bridgehead atoms. The van der Waals surface area contributed by atoms with Gasteiger partial charge >= 0.3 is 0 Å². The average molecular weight is 216 g/mol. The highest BCUT2D eigenvalue weighted by molar-refractivity contribution is 4.74. The number of piperidine rings is 1. The number of hydrogen-bond donors (Lipinski definition) is 3. The average Bonchev–Trinajstić information content (AvgIpc) is 2.26. The van der Waals surface area contributed by atoms with E-state index in [9.17, 15) is 5.11 Å². The van der Waals surface area contributed by atoms with Gasteiger partial charge in [-0.25, -0.2) is 0 Å². The zero-order chi connectivity index (χ0) is 10.9. The van der Waals surface area contributed by atoms with Gasteiger partial charge in [-0.2, -0.15) is 0 Å². The zero-order valence-corrected chi connectivity index (χ0v) is 9.67. The Labute approximate surface area is 92.4 Å². The summed E-state index contributed by atoms with van der Waals surface area (Å²) in [7, 11) is 1.61. The van der Waals surface area contributed by atoms with Crippen molar-refractivity contribution in [2.24, 2.45) is 0 Å². The van der Waals surface area contributed by atoms with Gasteiger partial charge in [0.1, 0.15) is 0 Å². The fraction of sp³-hybridized carbons (Fsp3) is 1.00. The van der Waals surface area contributed by atoms with Crippen molar-refractivity contribution in [3.8, 4) is 0 Å². The summed E-state index contributed by atoms with van der Waals surface area (Å²) in [5.74, 6) is 0. The van der Waals surface area contributed by atoms with Gasteiger partial charge in [0.05, 0.1) is 12.7 Å². The van der Waals surface area contributed by atoms with Gasteiger partial charge in [-0.3, -0.25) is 0 Å². The Kier molecular flexibility index (Phi) is 6.92. The van der Waals surface area contributed by atoms with Crippen LogP contribution in [0.4, 0.5) is 0 Å². The van der Waals surface area contributed by atoms with E-state index in [0.717, 1.165) is 26.1 Å². The molecule has 1 rings (SSSR count). The van der Waals surface area contributed by atoms with Crippen molar-refractivity contribution in [1.29, 1.82) is 0 Å². The van der Waals surface area contributed by atoms with Crippen molar-refractivity contribution < 1.29 is 9.84 Å². The molecule has 2 atom stereocenters. The van der Waals surface area contributed by atoms with E-state index < -0.39 is 0 Å². The topological polar surface area (TPSA) is 53.5 Å². The molecule has 0 aromatic rings. The Morgan fingerprint density at radius 2 is 2.40 bits per heavy atom. The quantitative estimate of drug-likeness (QED) is 0.529. The van der Waals surface area contributed by atoms with Gasteiger partial charge in [-0.05, 0) is 32.4 Å². The first-order chi connectivity index (χ1) is 7.33. The summed E-state index contributed by atoms with van der Waals surface area (Å²) < 4.78 is 4.86. The van der Waals surface area contributed by atoms with Crippen molar-refractivity contribution >= 4 is 0 Å². The molecule has 0 spiro atoms. The lowest BCUT2D eigenvalue weighted by Gasteiger charge is -2.23. The molecule has 0 radical (unpaired) electrons. The van der Waals surface area contributed by atoms with Crippen LogP contribution >= 0.6 is 0 Å². The summed E-state index contributed by atoms with van der Waals surface area (Å²) in [5, 5.41) is 16.3. The number of rotatable bonds is 7. The molecular weight excluding hydrogens is 192 g/mol. The maximum absolute atomic E-state index is 9.41. The van der Waals surface area contributed by atoms with Crippen molar-refractivity contribution in [2.75, 3.05) is 33.4 Å². The summed E-state index contributed by atoms with van der Waals surface area (Å²) in [6.45, 7) is 3.46. The van der Waals surface area contributed by atoms with Gasteiger partial charge in [0.2, 0.25) is 0 Å². The maximum atomic E-state index is 9.41. The van der Waals surface area contributed by atoms with Crippen LogP contribution in [0.3, 0.4) is 0 Å². The smallest absolute Gasteiger partial charge is 0.0785 e. The van der Waals surface area contributed by atoms with Gasteiger partial charge in [-0.15, -0.1) is 0 Å². The minimum Gasteiger partial charge on any atom is -0.391 e. The number of hydrogen-bond acceptors (Lipinski definition) is 4. The zero-order valence-electron chi connectivity index (χ0n) is 9.67. The standard InChI is InChI=1S/C11H24N2O2/c1-15-9-11(14)5-7-12-8-10-4-2-3-6-13-10/h10-14H,2-9H2,1H3. The summed E-state index contributed by atoms with van der Waals surface area (Å²) in [6.07, 6.45) is 4.35. The number of nitrogens with one attached hydrogen (secondary N) is 2. The Morgan fingerprint density at radius 1 is 1.53 bits per heavy atom. The molecule has 1 heterocycles. The summed E-state index contributed by atoms with van der Waals surface area (Å²) in [4.78, 5) is 0. The minimum atomic E-state index is -0.332. The fourth-order valence-electron chi connectivity index (χ4n) is 1.92. The first kappa shape index (κ1) is 12.9. The molecule has 1 fully saturated rings. The van der Waals surface area contributed by atoms with Gasteiger partial charge < -0.3 is 20.5 Å². The van der Waals surface area contributed by atoms with Crippen LogP contribution in [-0.2, 0) is 4.74 Å². The van der Waals surface area contributed by atoms with E-state index in [1.807, 2.05) is 0 Å². The third-order valence-electron chi connectivity index (χ3n) is 2.82. The van der Waals surface area contributed by atoms with E-state index in [4.69, 9.17) is 4.74 Å². The minimum absolute atomic E-state index is 0.332. The van der Waals surface area contributed by atoms with Gasteiger partial charge in [0.25, 0.3) is 0 Å². The van der Waals surface area contributed by atoms with Crippen molar-refractivity contribution in [3.63, 3.8) is 0 Å². The SMILES string of the molecule is COCC(O)CCNCC1CCCCN1. The lowest BCUT2D eigenvalue weighted by molar-refractivity contribution is 0.0593. The van der Waals surface area contributed by atoms with E-state index in [-0.39, 0.29) is 6.10 Å². The molecule has 15 heavy (non-hydrogen) atoms. The Morgan fingerprint density at radius 3 is 3.07 bits per heavy atom. The van der Waals surface area contributed by atoms with Crippen LogP contribution in [0.1, 0.15) is 25.7 Å². The highest BCUT2D eigenvalue weighted by Gasteiger charge is 2.11.